The lowest BCUT2D eigenvalue weighted by Gasteiger charge is -2.05. The predicted octanol–water partition coefficient (Wildman–Crippen LogP) is 4.30. The number of H-pyrrole nitrogens is 1. The molecule has 0 radical (unpaired) electrons. The Morgan fingerprint density at radius 1 is 1.04 bits per heavy atom. The number of fused-ring (bicyclic) bond motifs is 1. The van der Waals surface area contributed by atoms with Crippen LogP contribution in [0.4, 0.5) is 0 Å². The summed E-state index contributed by atoms with van der Waals surface area (Å²) in [5, 5.41) is 0.979. The second-order valence-electron chi connectivity index (χ2n) is 5.76. The maximum atomic E-state index is 13.0. The van der Waals surface area contributed by atoms with Crippen molar-refractivity contribution in [3.05, 3.63) is 78.9 Å². The van der Waals surface area contributed by atoms with Crippen molar-refractivity contribution in [2.75, 3.05) is 0 Å². The van der Waals surface area contributed by atoms with Crippen molar-refractivity contribution in [3.63, 3.8) is 0 Å². The number of benzene rings is 2. The van der Waals surface area contributed by atoms with E-state index in [1.807, 2.05) is 65.4 Å². The van der Waals surface area contributed by atoms with E-state index in [2.05, 4.69) is 9.97 Å². The van der Waals surface area contributed by atoms with Crippen LogP contribution in [0.1, 0.15) is 16.8 Å². The molecule has 2 aromatic carbocycles. The smallest absolute Gasteiger partial charge is 0.167 e. The van der Waals surface area contributed by atoms with Crippen molar-refractivity contribution < 1.29 is 4.79 Å². The van der Waals surface area contributed by atoms with Crippen LogP contribution in [0.5, 0.6) is 0 Å². The quantitative estimate of drug-likeness (QED) is 0.558. The summed E-state index contributed by atoms with van der Waals surface area (Å²) < 4.78 is 1.93. The van der Waals surface area contributed by atoms with E-state index in [1.54, 1.807) is 12.5 Å². The summed E-state index contributed by atoms with van der Waals surface area (Å²) in [4.78, 5) is 20.4. The van der Waals surface area contributed by atoms with E-state index in [-0.39, 0.29) is 5.78 Å². The van der Waals surface area contributed by atoms with E-state index in [9.17, 15) is 4.79 Å². The summed E-state index contributed by atoms with van der Waals surface area (Å²) in [5.74, 6) is 0.139. The second kappa shape index (κ2) is 6.16. The number of hydrogen-bond acceptors (Lipinski definition) is 2. The normalized spacial score (nSPS) is 11.0. The summed E-state index contributed by atoms with van der Waals surface area (Å²) in [6.07, 6.45) is 5.78. The van der Waals surface area contributed by atoms with Crippen molar-refractivity contribution in [2.45, 2.75) is 13.0 Å². The highest BCUT2D eigenvalue weighted by molar-refractivity contribution is 6.13. The fourth-order valence-corrected chi connectivity index (χ4v) is 3.03. The van der Waals surface area contributed by atoms with Crippen molar-refractivity contribution >= 4 is 16.7 Å². The minimum absolute atomic E-state index is 0.139. The number of para-hydroxylation sites is 1. The Hall–Kier alpha value is -3.14. The average molecular weight is 315 g/mol. The number of hydrogen-bond donors (Lipinski definition) is 1. The van der Waals surface area contributed by atoms with Crippen molar-refractivity contribution in [1.29, 1.82) is 0 Å². The van der Waals surface area contributed by atoms with Gasteiger partial charge in [-0.1, -0.05) is 48.5 Å². The van der Waals surface area contributed by atoms with Crippen molar-refractivity contribution in [2.24, 2.45) is 0 Å². The predicted molar refractivity (Wildman–Crippen MR) is 94.9 cm³/mol. The van der Waals surface area contributed by atoms with Gasteiger partial charge in [0, 0.05) is 36.3 Å². The van der Waals surface area contributed by atoms with Gasteiger partial charge in [0.2, 0.25) is 0 Å². The fraction of sp³-hybridized carbons (Fsp3) is 0.100. The summed E-state index contributed by atoms with van der Waals surface area (Å²) in [6.45, 7) is 0.632. The lowest BCUT2D eigenvalue weighted by Crippen LogP contribution is -2.05. The molecule has 4 aromatic rings. The van der Waals surface area contributed by atoms with Crippen LogP contribution in [0, 0.1) is 0 Å². The fourth-order valence-electron chi connectivity index (χ4n) is 3.03. The average Bonchev–Trinajstić information content (AvgIpc) is 3.28. The van der Waals surface area contributed by atoms with Crippen LogP contribution in [-0.2, 0) is 6.54 Å². The van der Waals surface area contributed by atoms with Gasteiger partial charge in [-0.2, -0.15) is 0 Å². The van der Waals surface area contributed by atoms with E-state index >= 15 is 0 Å². The maximum Gasteiger partial charge on any atom is 0.167 e. The van der Waals surface area contributed by atoms with Crippen LogP contribution in [-0.4, -0.2) is 20.3 Å². The molecule has 1 N–H and O–H groups in total. The Morgan fingerprint density at radius 2 is 1.83 bits per heavy atom. The third-order valence-corrected chi connectivity index (χ3v) is 4.20. The first-order chi connectivity index (χ1) is 11.8. The van der Waals surface area contributed by atoms with Crippen LogP contribution < -0.4 is 0 Å². The molecule has 0 aliphatic carbocycles. The highest BCUT2D eigenvalue weighted by atomic mass is 16.1. The van der Waals surface area contributed by atoms with Gasteiger partial charge in [-0.25, -0.2) is 4.98 Å². The van der Waals surface area contributed by atoms with Crippen molar-refractivity contribution in [3.8, 4) is 11.3 Å². The van der Waals surface area contributed by atoms with Crippen LogP contribution in [0.2, 0.25) is 0 Å². The molecule has 24 heavy (non-hydrogen) atoms. The maximum absolute atomic E-state index is 13.0. The summed E-state index contributed by atoms with van der Waals surface area (Å²) in [7, 11) is 0. The Balaban J connectivity index is 1.76. The number of ketones is 1. The number of nitrogens with one attached hydrogen (secondary N) is 1. The molecular formula is C20H17N3O. The summed E-state index contributed by atoms with van der Waals surface area (Å²) in [6, 6.07) is 18.0. The molecule has 0 fully saturated rings. The first-order valence-electron chi connectivity index (χ1n) is 7.98. The van der Waals surface area contributed by atoms with Crippen molar-refractivity contribution in [1.82, 2.24) is 14.5 Å². The van der Waals surface area contributed by atoms with Gasteiger partial charge in [-0.3, -0.25) is 4.79 Å². The van der Waals surface area contributed by atoms with Gasteiger partial charge in [-0.05, 0) is 11.6 Å². The molecule has 2 heterocycles. The van der Waals surface area contributed by atoms with Gasteiger partial charge in [0.05, 0.1) is 17.6 Å². The first kappa shape index (κ1) is 14.5. The van der Waals surface area contributed by atoms with Gasteiger partial charge in [0.15, 0.2) is 5.78 Å². The Bertz CT molecular complexity index is 969. The van der Waals surface area contributed by atoms with Crippen LogP contribution in [0.3, 0.4) is 0 Å². The third-order valence-electron chi connectivity index (χ3n) is 4.20. The van der Waals surface area contributed by atoms with Gasteiger partial charge in [0.25, 0.3) is 0 Å². The van der Waals surface area contributed by atoms with Gasteiger partial charge in [-0.15, -0.1) is 0 Å². The molecule has 0 aliphatic rings. The molecule has 0 saturated heterocycles. The number of aromatic amines is 1. The number of carbonyl (C=O) groups excluding carboxylic acids is 1. The number of rotatable bonds is 5. The standard InChI is InChI=1S/C20H17N3O/c24-18(10-12-23-13-11-21-14-23)19-16-8-4-5-9-17(16)22-20(19)15-6-2-1-3-7-15/h1-9,11,13-14,22H,10,12H2. The van der Waals surface area contributed by atoms with E-state index in [4.69, 9.17) is 0 Å². The number of aryl methyl sites for hydroxylation is 1. The largest absolute Gasteiger partial charge is 0.354 e. The van der Waals surface area contributed by atoms with Gasteiger partial charge >= 0.3 is 0 Å². The molecule has 0 bridgehead atoms. The zero-order chi connectivity index (χ0) is 16.4. The number of imidazole rings is 1. The molecule has 0 atom stereocenters. The Labute approximate surface area is 139 Å². The zero-order valence-electron chi connectivity index (χ0n) is 13.1. The first-order valence-corrected chi connectivity index (χ1v) is 7.98. The summed E-state index contributed by atoms with van der Waals surface area (Å²) >= 11 is 0. The minimum Gasteiger partial charge on any atom is -0.354 e. The highest BCUT2D eigenvalue weighted by Gasteiger charge is 2.19. The van der Waals surface area contributed by atoms with Gasteiger partial charge < -0.3 is 9.55 Å². The topological polar surface area (TPSA) is 50.7 Å². The Kier molecular flexibility index (Phi) is 3.71. The number of aromatic nitrogens is 3. The lowest BCUT2D eigenvalue weighted by atomic mass is 10.00. The highest BCUT2D eigenvalue weighted by Crippen LogP contribution is 2.31. The molecule has 118 valence electrons. The molecule has 0 spiro atoms. The molecule has 4 heteroatoms. The number of nitrogens with zero attached hydrogens (tertiary/aromatic N) is 2. The van der Waals surface area contributed by atoms with Gasteiger partial charge in [0.1, 0.15) is 0 Å². The van der Waals surface area contributed by atoms with E-state index in [1.165, 1.54) is 0 Å². The number of carbonyl (C=O) groups is 1. The van der Waals surface area contributed by atoms with Crippen LogP contribution >= 0.6 is 0 Å². The van der Waals surface area contributed by atoms with E-state index in [0.29, 0.717) is 13.0 Å². The molecule has 0 saturated carbocycles. The molecule has 0 unspecified atom stereocenters. The monoisotopic (exact) mass is 315 g/mol. The molecule has 2 aromatic heterocycles. The molecular weight excluding hydrogens is 298 g/mol. The molecule has 4 rings (SSSR count). The van der Waals surface area contributed by atoms with E-state index in [0.717, 1.165) is 27.7 Å². The lowest BCUT2D eigenvalue weighted by molar-refractivity contribution is 0.0979. The van der Waals surface area contributed by atoms with E-state index < -0.39 is 0 Å². The summed E-state index contributed by atoms with van der Waals surface area (Å²) in [5.41, 5.74) is 3.69. The molecule has 0 amide bonds. The second-order valence-corrected chi connectivity index (χ2v) is 5.76. The SMILES string of the molecule is O=C(CCn1ccnc1)c1c(-c2ccccc2)[nH]c2ccccc12. The van der Waals surface area contributed by atoms with Crippen LogP contribution in [0.15, 0.2) is 73.3 Å². The molecule has 0 aliphatic heterocycles. The minimum atomic E-state index is 0.139. The van der Waals surface area contributed by atoms with Crippen LogP contribution in [0.25, 0.3) is 22.2 Å². The third kappa shape index (κ3) is 2.63. The Morgan fingerprint density at radius 3 is 2.62 bits per heavy atom. The zero-order valence-corrected chi connectivity index (χ0v) is 13.1. The molecule has 4 nitrogen and oxygen atoms in total. The number of Topliss-reactive ketones (excluding diaryl/α,β-unsaturated/α-hetero) is 1.